The van der Waals surface area contributed by atoms with Gasteiger partial charge in [-0.2, -0.15) is 11.8 Å². The Morgan fingerprint density at radius 2 is 2.00 bits per heavy atom. The number of piperazine rings is 1. The lowest BCUT2D eigenvalue weighted by atomic mass is 10.1. The van der Waals surface area contributed by atoms with Crippen LogP contribution in [0.1, 0.15) is 13.3 Å². The zero-order chi connectivity index (χ0) is 13.0. The van der Waals surface area contributed by atoms with Crippen LogP contribution in [0.3, 0.4) is 0 Å². The molecule has 0 aromatic heterocycles. The number of hydrogen-bond donors (Lipinski definition) is 1. The van der Waals surface area contributed by atoms with Gasteiger partial charge in [0.1, 0.15) is 6.04 Å². The van der Waals surface area contributed by atoms with E-state index < -0.39 is 0 Å². The Kier molecular flexibility index (Phi) is 4.88. The van der Waals surface area contributed by atoms with E-state index in [1.54, 1.807) is 4.90 Å². The fraction of sp³-hybridized carbons (Fsp3) is 0.833. The smallest absolute Gasteiger partial charge is 0.245 e. The molecule has 2 rings (SSSR count). The van der Waals surface area contributed by atoms with Crippen molar-refractivity contribution in [3.8, 4) is 0 Å². The third kappa shape index (κ3) is 3.38. The normalized spacial score (nSPS) is 26.3. The maximum atomic E-state index is 12.1. The van der Waals surface area contributed by atoms with E-state index in [4.69, 9.17) is 0 Å². The SMILES string of the molecule is CCC1NC(=O)CN(CCN2CCSCC2)C1=O. The van der Waals surface area contributed by atoms with E-state index in [2.05, 4.69) is 10.2 Å². The van der Waals surface area contributed by atoms with Crippen LogP contribution in [0.5, 0.6) is 0 Å². The number of rotatable bonds is 4. The van der Waals surface area contributed by atoms with E-state index in [9.17, 15) is 9.59 Å². The van der Waals surface area contributed by atoms with Crippen molar-refractivity contribution in [2.45, 2.75) is 19.4 Å². The highest BCUT2D eigenvalue weighted by molar-refractivity contribution is 7.99. The van der Waals surface area contributed by atoms with Gasteiger partial charge in [0.25, 0.3) is 0 Å². The predicted molar refractivity (Wildman–Crippen MR) is 72.6 cm³/mol. The molecule has 0 aromatic carbocycles. The van der Waals surface area contributed by atoms with Crippen LogP contribution in [0, 0.1) is 0 Å². The third-order valence-corrected chi connectivity index (χ3v) is 4.42. The summed E-state index contributed by atoms with van der Waals surface area (Å²) >= 11 is 1.98. The summed E-state index contributed by atoms with van der Waals surface area (Å²) in [4.78, 5) is 27.7. The Morgan fingerprint density at radius 1 is 1.28 bits per heavy atom. The Bertz CT molecular complexity index is 318. The van der Waals surface area contributed by atoms with E-state index in [0.717, 1.165) is 19.6 Å². The molecule has 102 valence electrons. The molecule has 6 heteroatoms. The van der Waals surface area contributed by atoms with Gasteiger partial charge in [-0.15, -0.1) is 0 Å². The molecule has 1 unspecified atom stereocenters. The molecule has 1 atom stereocenters. The van der Waals surface area contributed by atoms with Gasteiger partial charge in [-0.3, -0.25) is 14.5 Å². The van der Waals surface area contributed by atoms with Crippen molar-refractivity contribution < 1.29 is 9.59 Å². The molecule has 18 heavy (non-hydrogen) atoms. The minimum Gasteiger partial charge on any atom is -0.343 e. The van der Waals surface area contributed by atoms with E-state index >= 15 is 0 Å². The molecule has 1 N–H and O–H groups in total. The van der Waals surface area contributed by atoms with Crippen LogP contribution in [0.2, 0.25) is 0 Å². The van der Waals surface area contributed by atoms with Crippen molar-refractivity contribution in [3.05, 3.63) is 0 Å². The Morgan fingerprint density at radius 3 is 2.67 bits per heavy atom. The highest BCUT2D eigenvalue weighted by atomic mass is 32.2. The highest BCUT2D eigenvalue weighted by Crippen LogP contribution is 2.10. The molecule has 0 radical (unpaired) electrons. The van der Waals surface area contributed by atoms with Gasteiger partial charge in [-0.1, -0.05) is 6.92 Å². The largest absolute Gasteiger partial charge is 0.343 e. The molecular formula is C12H21N3O2S. The van der Waals surface area contributed by atoms with Crippen LogP contribution in [-0.2, 0) is 9.59 Å². The summed E-state index contributed by atoms with van der Waals surface area (Å²) < 4.78 is 0. The van der Waals surface area contributed by atoms with E-state index in [-0.39, 0.29) is 24.4 Å². The monoisotopic (exact) mass is 271 g/mol. The van der Waals surface area contributed by atoms with Crippen LogP contribution in [0.4, 0.5) is 0 Å². The summed E-state index contributed by atoms with van der Waals surface area (Å²) in [6, 6.07) is -0.317. The van der Waals surface area contributed by atoms with Crippen molar-refractivity contribution >= 4 is 23.6 Å². The summed E-state index contributed by atoms with van der Waals surface area (Å²) in [6.07, 6.45) is 0.668. The summed E-state index contributed by atoms with van der Waals surface area (Å²) in [5.74, 6) is 2.39. The second-order valence-corrected chi connectivity index (χ2v) is 5.97. The second kappa shape index (κ2) is 6.43. The average Bonchev–Trinajstić information content (AvgIpc) is 2.40. The zero-order valence-electron chi connectivity index (χ0n) is 10.9. The van der Waals surface area contributed by atoms with Gasteiger partial charge in [-0.25, -0.2) is 0 Å². The van der Waals surface area contributed by atoms with Gasteiger partial charge in [0.2, 0.25) is 11.8 Å². The molecule has 2 aliphatic rings. The lowest BCUT2D eigenvalue weighted by Gasteiger charge is -2.34. The van der Waals surface area contributed by atoms with E-state index in [0.29, 0.717) is 13.0 Å². The molecule has 2 amide bonds. The number of hydrogen-bond acceptors (Lipinski definition) is 4. The first-order chi connectivity index (χ1) is 8.70. The predicted octanol–water partition coefficient (Wildman–Crippen LogP) is -0.228. The number of carbonyl (C=O) groups excluding carboxylic acids is 2. The van der Waals surface area contributed by atoms with Crippen LogP contribution in [0.25, 0.3) is 0 Å². The lowest BCUT2D eigenvalue weighted by Crippen LogP contribution is -2.58. The summed E-state index contributed by atoms with van der Waals surface area (Å²) in [5, 5.41) is 2.74. The van der Waals surface area contributed by atoms with E-state index in [1.165, 1.54) is 11.5 Å². The molecule has 0 spiro atoms. The summed E-state index contributed by atoms with van der Waals surface area (Å²) in [6.45, 7) is 5.89. The fourth-order valence-corrected chi connectivity index (χ4v) is 3.30. The molecule has 2 saturated heterocycles. The van der Waals surface area contributed by atoms with Crippen molar-refractivity contribution in [2.24, 2.45) is 0 Å². The first kappa shape index (κ1) is 13.7. The van der Waals surface area contributed by atoms with Gasteiger partial charge >= 0.3 is 0 Å². The maximum absolute atomic E-state index is 12.1. The van der Waals surface area contributed by atoms with Crippen LogP contribution in [0.15, 0.2) is 0 Å². The van der Waals surface area contributed by atoms with Gasteiger partial charge in [0.05, 0.1) is 6.54 Å². The first-order valence-electron chi connectivity index (χ1n) is 6.59. The van der Waals surface area contributed by atoms with Crippen LogP contribution < -0.4 is 5.32 Å². The van der Waals surface area contributed by atoms with Crippen LogP contribution in [-0.4, -0.2) is 71.9 Å². The first-order valence-corrected chi connectivity index (χ1v) is 7.74. The average molecular weight is 271 g/mol. The minimum atomic E-state index is -0.317. The second-order valence-electron chi connectivity index (χ2n) is 4.74. The zero-order valence-corrected chi connectivity index (χ0v) is 11.7. The summed E-state index contributed by atoms with van der Waals surface area (Å²) in [7, 11) is 0. The minimum absolute atomic E-state index is 0.0318. The van der Waals surface area contributed by atoms with Crippen molar-refractivity contribution in [1.82, 2.24) is 15.1 Å². The topological polar surface area (TPSA) is 52.7 Å². The number of nitrogens with zero attached hydrogens (tertiary/aromatic N) is 2. The molecule has 0 aromatic rings. The van der Waals surface area contributed by atoms with Crippen molar-refractivity contribution in [3.63, 3.8) is 0 Å². The molecule has 5 nitrogen and oxygen atoms in total. The van der Waals surface area contributed by atoms with Gasteiger partial charge in [0, 0.05) is 37.7 Å². The number of nitrogens with one attached hydrogen (secondary N) is 1. The standard InChI is InChI=1S/C12H21N3O2S/c1-2-10-12(17)15(9-11(16)13-10)4-3-14-5-7-18-8-6-14/h10H,2-9H2,1H3,(H,13,16). The molecule has 2 aliphatic heterocycles. The molecule has 0 aliphatic carbocycles. The number of amides is 2. The highest BCUT2D eigenvalue weighted by Gasteiger charge is 2.31. The Labute approximate surface area is 112 Å². The van der Waals surface area contributed by atoms with Crippen molar-refractivity contribution in [1.29, 1.82) is 0 Å². The Balaban J connectivity index is 1.83. The third-order valence-electron chi connectivity index (χ3n) is 3.48. The number of carbonyl (C=O) groups is 2. The van der Waals surface area contributed by atoms with Crippen LogP contribution >= 0.6 is 11.8 Å². The molecule has 0 bridgehead atoms. The molecule has 2 fully saturated rings. The lowest BCUT2D eigenvalue weighted by molar-refractivity contribution is -0.144. The van der Waals surface area contributed by atoms with Crippen molar-refractivity contribution in [2.75, 3.05) is 44.2 Å². The molecule has 2 heterocycles. The molecular weight excluding hydrogens is 250 g/mol. The maximum Gasteiger partial charge on any atom is 0.245 e. The number of thioether (sulfide) groups is 1. The quantitative estimate of drug-likeness (QED) is 0.767. The van der Waals surface area contributed by atoms with Gasteiger partial charge in [0.15, 0.2) is 0 Å². The fourth-order valence-electron chi connectivity index (χ4n) is 2.33. The van der Waals surface area contributed by atoms with Gasteiger partial charge < -0.3 is 10.2 Å². The van der Waals surface area contributed by atoms with Gasteiger partial charge in [-0.05, 0) is 6.42 Å². The van der Waals surface area contributed by atoms with E-state index in [1.807, 2.05) is 18.7 Å². The molecule has 0 saturated carbocycles. The Hall–Kier alpha value is -0.750. The summed E-state index contributed by atoms with van der Waals surface area (Å²) in [5.41, 5.74) is 0.